The molecule has 1 atom stereocenters. The first-order valence-electron chi connectivity index (χ1n) is 8.21. The van der Waals surface area contributed by atoms with Crippen molar-refractivity contribution in [1.82, 2.24) is 14.9 Å². The second-order valence-corrected chi connectivity index (χ2v) is 6.16. The van der Waals surface area contributed by atoms with Crippen LogP contribution >= 0.6 is 12.4 Å². The molecule has 0 saturated carbocycles. The summed E-state index contributed by atoms with van der Waals surface area (Å²) in [5, 5.41) is 14.2. The standard InChI is InChI=1S/C18H23N3O2.ClH/c1-2-16(18(23)8-10-19-11-9-18)21-13-20-15(12-17(21)22)14-6-4-3-5-7-14;/h3-7,12-13,16,19,23H,2,8-11H2,1H3;1H. The van der Waals surface area contributed by atoms with Gasteiger partial charge in [0.25, 0.3) is 5.56 Å². The van der Waals surface area contributed by atoms with Crippen LogP contribution in [0.15, 0.2) is 47.5 Å². The third-order valence-electron chi connectivity index (χ3n) is 4.72. The fourth-order valence-corrected chi connectivity index (χ4v) is 3.44. The van der Waals surface area contributed by atoms with E-state index in [1.54, 1.807) is 17.0 Å². The van der Waals surface area contributed by atoms with Crippen LogP contribution in [0.1, 0.15) is 32.2 Å². The van der Waals surface area contributed by atoms with Gasteiger partial charge in [0.2, 0.25) is 0 Å². The van der Waals surface area contributed by atoms with E-state index < -0.39 is 5.60 Å². The lowest BCUT2D eigenvalue weighted by Crippen LogP contribution is -2.49. The molecule has 1 aromatic carbocycles. The van der Waals surface area contributed by atoms with Crippen LogP contribution in [0.4, 0.5) is 0 Å². The summed E-state index contributed by atoms with van der Waals surface area (Å²) >= 11 is 0. The van der Waals surface area contributed by atoms with Crippen molar-refractivity contribution >= 4 is 12.4 Å². The Morgan fingerprint density at radius 3 is 2.54 bits per heavy atom. The van der Waals surface area contributed by atoms with E-state index >= 15 is 0 Å². The topological polar surface area (TPSA) is 67.2 Å². The third-order valence-corrected chi connectivity index (χ3v) is 4.72. The van der Waals surface area contributed by atoms with Crippen molar-refractivity contribution in [3.05, 3.63) is 53.1 Å². The molecule has 0 amide bonds. The summed E-state index contributed by atoms with van der Waals surface area (Å²) in [6.45, 7) is 3.55. The lowest BCUT2D eigenvalue weighted by Gasteiger charge is -2.39. The number of halogens is 1. The first kappa shape index (κ1) is 18.6. The summed E-state index contributed by atoms with van der Waals surface area (Å²) < 4.78 is 1.60. The van der Waals surface area contributed by atoms with Gasteiger partial charge in [-0.1, -0.05) is 37.3 Å². The Bertz CT molecular complexity index is 712. The van der Waals surface area contributed by atoms with E-state index in [2.05, 4.69) is 10.3 Å². The summed E-state index contributed by atoms with van der Waals surface area (Å²) in [5.41, 5.74) is 0.627. The average Bonchev–Trinajstić information content (AvgIpc) is 2.58. The Morgan fingerprint density at radius 2 is 1.96 bits per heavy atom. The number of nitrogens with zero attached hydrogens (tertiary/aromatic N) is 2. The van der Waals surface area contributed by atoms with Crippen LogP contribution < -0.4 is 10.9 Å². The highest BCUT2D eigenvalue weighted by Gasteiger charge is 2.38. The number of hydrogen-bond donors (Lipinski definition) is 2. The summed E-state index contributed by atoms with van der Waals surface area (Å²) in [5.74, 6) is 0. The Labute approximate surface area is 148 Å². The minimum atomic E-state index is -0.847. The van der Waals surface area contributed by atoms with Gasteiger partial charge in [-0.05, 0) is 32.4 Å². The van der Waals surface area contributed by atoms with Crippen LogP contribution in [-0.2, 0) is 0 Å². The van der Waals surface area contributed by atoms with Gasteiger partial charge in [0.05, 0.1) is 23.7 Å². The van der Waals surface area contributed by atoms with Crippen molar-refractivity contribution in [2.45, 2.75) is 37.8 Å². The molecule has 1 aromatic heterocycles. The maximum atomic E-state index is 12.6. The Kier molecular flexibility index (Phi) is 6.15. The van der Waals surface area contributed by atoms with Gasteiger partial charge in [-0.3, -0.25) is 9.36 Å². The summed E-state index contributed by atoms with van der Waals surface area (Å²) in [6, 6.07) is 11.0. The molecular weight excluding hydrogens is 326 g/mol. The highest BCUT2D eigenvalue weighted by Crippen LogP contribution is 2.32. The molecule has 130 valence electrons. The monoisotopic (exact) mass is 349 g/mol. The van der Waals surface area contributed by atoms with Gasteiger partial charge in [-0.15, -0.1) is 12.4 Å². The van der Waals surface area contributed by atoms with Gasteiger partial charge >= 0.3 is 0 Å². The van der Waals surface area contributed by atoms with Crippen LogP contribution in [0.25, 0.3) is 11.3 Å². The quantitative estimate of drug-likeness (QED) is 0.889. The van der Waals surface area contributed by atoms with E-state index in [1.165, 1.54) is 0 Å². The number of aromatic nitrogens is 2. The van der Waals surface area contributed by atoms with E-state index in [1.807, 2.05) is 37.3 Å². The first-order valence-corrected chi connectivity index (χ1v) is 8.21. The van der Waals surface area contributed by atoms with Crippen LogP contribution in [0, 0.1) is 0 Å². The summed E-state index contributed by atoms with van der Waals surface area (Å²) in [4.78, 5) is 17.0. The van der Waals surface area contributed by atoms with E-state index in [4.69, 9.17) is 0 Å². The van der Waals surface area contributed by atoms with Gasteiger partial charge in [0.1, 0.15) is 0 Å². The molecule has 3 rings (SSSR count). The maximum Gasteiger partial charge on any atom is 0.254 e. The molecule has 24 heavy (non-hydrogen) atoms. The number of nitrogens with one attached hydrogen (secondary N) is 1. The van der Waals surface area contributed by atoms with Crippen molar-refractivity contribution in [2.75, 3.05) is 13.1 Å². The van der Waals surface area contributed by atoms with Crippen LogP contribution in [0.3, 0.4) is 0 Å². The van der Waals surface area contributed by atoms with Crippen molar-refractivity contribution in [1.29, 1.82) is 0 Å². The van der Waals surface area contributed by atoms with Crippen molar-refractivity contribution in [3.63, 3.8) is 0 Å². The predicted molar refractivity (Wildman–Crippen MR) is 97.6 cm³/mol. The highest BCUT2D eigenvalue weighted by atomic mass is 35.5. The minimum Gasteiger partial charge on any atom is -0.388 e. The molecule has 0 radical (unpaired) electrons. The van der Waals surface area contributed by atoms with Gasteiger partial charge in [0.15, 0.2) is 0 Å². The van der Waals surface area contributed by atoms with Gasteiger partial charge in [0, 0.05) is 11.6 Å². The Morgan fingerprint density at radius 1 is 1.29 bits per heavy atom. The fourth-order valence-electron chi connectivity index (χ4n) is 3.44. The number of hydrogen-bond acceptors (Lipinski definition) is 4. The summed E-state index contributed by atoms with van der Waals surface area (Å²) in [6.07, 6.45) is 3.58. The van der Waals surface area contributed by atoms with E-state index in [9.17, 15) is 9.90 Å². The van der Waals surface area contributed by atoms with Crippen molar-refractivity contribution in [3.8, 4) is 11.3 Å². The molecule has 2 aromatic rings. The zero-order valence-corrected chi connectivity index (χ0v) is 14.6. The van der Waals surface area contributed by atoms with Gasteiger partial charge in [-0.25, -0.2) is 4.98 Å². The molecule has 0 bridgehead atoms. The number of rotatable bonds is 4. The Hall–Kier alpha value is -1.69. The average molecular weight is 350 g/mol. The third kappa shape index (κ3) is 3.69. The molecule has 1 fully saturated rings. The smallest absolute Gasteiger partial charge is 0.254 e. The lowest BCUT2D eigenvalue weighted by molar-refractivity contribution is -0.0404. The summed E-state index contributed by atoms with van der Waals surface area (Å²) in [7, 11) is 0. The van der Waals surface area contributed by atoms with Gasteiger partial charge < -0.3 is 10.4 Å². The molecule has 0 aliphatic carbocycles. The van der Waals surface area contributed by atoms with Gasteiger partial charge in [-0.2, -0.15) is 0 Å². The molecule has 5 nitrogen and oxygen atoms in total. The zero-order chi connectivity index (χ0) is 16.3. The zero-order valence-electron chi connectivity index (χ0n) is 13.8. The van der Waals surface area contributed by atoms with Crippen molar-refractivity contribution in [2.24, 2.45) is 0 Å². The van der Waals surface area contributed by atoms with E-state index in [-0.39, 0.29) is 24.0 Å². The molecule has 6 heteroatoms. The Balaban J connectivity index is 0.00000208. The largest absolute Gasteiger partial charge is 0.388 e. The van der Waals surface area contributed by atoms with Crippen LogP contribution in [0.5, 0.6) is 0 Å². The molecule has 1 unspecified atom stereocenters. The predicted octanol–water partition coefficient (Wildman–Crippen LogP) is 2.40. The minimum absolute atomic E-state index is 0. The molecule has 1 saturated heterocycles. The number of benzene rings is 1. The molecular formula is C18H24ClN3O2. The maximum absolute atomic E-state index is 12.6. The fraction of sp³-hybridized carbons (Fsp3) is 0.444. The van der Waals surface area contributed by atoms with Crippen LogP contribution in [0.2, 0.25) is 0 Å². The van der Waals surface area contributed by atoms with Crippen molar-refractivity contribution < 1.29 is 5.11 Å². The SMILES string of the molecule is CCC(n1cnc(-c2ccccc2)cc1=O)C1(O)CCNCC1.Cl. The molecule has 2 N–H and O–H groups in total. The van der Waals surface area contributed by atoms with E-state index in [0.717, 1.165) is 18.7 Å². The second kappa shape index (κ2) is 7.92. The lowest BCUT2D eigenvalue weighted by atomic mass is 9.83. The van der Waals surface area contributed by atoms with Crippen LogP contribution in [-0.4, -0.2) is 33.3 Å². The highest BCUT2D eigenvalue weighted by molar-refractivity contribution is 5.85. The molecule has 1 aliphatic rings. The second-order valence-electron chi connectivity index (χ2n) is 6.16. The normalized spacial score (nSPS) is 17.8. The molecule has 0 spiro atoms. The first-order chi connectivity index (χ1) is 11.1. The van der Waals surface area contributed by atoms with E-state index in [0.29, 0.717) is 25.0 Å². The number of piperidine rings is 1. The molecule has 2 heterocycles. The number of aliphatic hydroxyl groups is 1. The molecule has 1 aliphatic heterocycles.